The van der Waals surface area contributed by atoms with Crippen LogP contribution in [0.5, 0.6) is 0 Å². The van der Waals surface area contributed by atoms with Gasteiger partial charge in [0.1, 0.15) is 0 Å². The van der Waals surface area contributed by atoms with Crippen LogP contribution in [0.2, 0.25) is 15.1 Å². The van der Waals surface area contributed by atoms with Crippen LogP contribution in [0.4, 0.5) is 18.9 Å². The van der Waals surface area contributed by atoms with Crippen molar-refractivity contribution in [3.63, 3.8) is 0 Å². The van der Waals surface area contributed by atoms with Crippen LogP contribution in [0.1, 0.15) is 0 Å². The molecule has 0 saturated carbocycles. The Kier molecular flexibility index (Phi) is 4.97. The zero-order valence-electron chi connectivity index (χ0n) is 8.16. The van der Waals surface area contributed by atoms with Crippen molar-refractivity contribution in [1.82, 2.24) is 4.94 Å². The number of carbonyl (C=O) groups is 1. The molecule has 1 N–H and O–H groups in total. The summed E-state index contributed by atoms with van der Waals surface area (Å²) < 4.78 is 36.9. The van der Waals surface area contributed by atoms with E-state index in [0.717, 1.165) is 12.1 Å². The van der Waals surface area contributed by atoms with Gasteiger partial charge in [-0.05, 0) is 23.9 Å². The Morgan fingerprint density at radius 3 is 1.94 bits per heavy atom. The molecule has 10 heteroatoms. The van der Waals surface area contributed by atoms with Crippen molar-refractivity contribution >= 4 is 58.2 Å². The number of carbonyl (C=O) groups excluding carboxylic acids is 1. The number of anilines is 1. The minimum Gasteiger partial charge on any atom is -0.262 e. The lowest BCUT2D eigenvalue weighted by Crippen LogP contribution is -2.46. The lowest BCUT2D eigenvalue weighted by molar-refractivity contribution is -0.170. The molecule has 3 nitrogen and oxygen atoms in total. The van der Waals surface area contributed by atoms with E-state index in [1.807, 2.05) is 0 Å². The number of amides is 1. The standard InChI is InChI=1S/C8H3Cl4F3N2O/c9-3-1-4(10)6(5(11)2-3)17(16-12)7(18)8(13,14)15/h1-2,16H. The number of nitrogens with zero attached hydrogens (tertiary/aromatic N) is 1. The van der Waals surface area contributed by atoms with Gasteiger partial charge in [0.15, 0.2) is 0 Å². The summed E-state index contributed by atoms with van der Waals surface area (Å²) in [6.45, 7) is 0. The smallest absolute Gasteiger partial charge is 0.262 e. The maximum atomic E-state index is 12.3. The SMILES string of the molecule is O=C(N(NCl)c1c(Cl)cc(Cl)cc1Cl)C(F)(F)F. The van der Waals surface area contributed by atoms with Crippen molar-refractivity contribution in [1.29, 1.82) is 0 Å². The molecule has 0 bridgehead atoms. The number of nitrogens with one attached hydrogen (secondary N) is 1. The van der Waals surface area contributed by atoms with E-state index in [-0.39, 0.29) is 20.1 Å². The van der Waals surface area contributed by atoms with Gasteiger partial charge in [-0.1, -0.05) is 34.8 Å². The lowest BCUT2D eigenvalue weighted by atomic mass is 10.3. The monoisotopic (exact) mass is 340 g/mol. The third-order valence-electron chi connectivity index (χ3n) is 1.74. The molecule has 1 aromatic carbocycles. The predicted octanol–water partition coefficient (Wildman–Crippen LogP) is 4.20. The molecule has 0 aliphatic carbocycles. The largest absolute Gasteiger partial charge is 0.473 e. The molecule has 0 unspecified atom stereocenters. The number of hydrazine groups is 1. The summed E-state index contributed by atoms with van der Waals surface area (Å²) in [5.41, 5.74) is -0.444. The van der Waals surface area contributed by atoms with E-state index >= 15 is 0 Å². The minimum absolute atomic E-state index is 0.0252. The molecular formula is C8H3Cl4F3N2O. The normalized spacial score (nSPS) is 11.5. The molecule has 0 aliphatic rings. The molecule has 0 saturated heterocycles. The average Bonchev–Trinajstić information content (AvgIpc) is 2.20. The van der Waals surface area contributed by atoms with Crippen LogP contribution in [0.3, 0.4) is 0 Å². The van der Waals surface area contributed by atoms with E-state index < -0.39 is 17.8 Å². The van der Waals surface area contributed by atoms with Gasteiger partial charge in [-0.15, -0.1) is 4.94 Å². The topological polar surface area (TPSA) is 32.3 Å². The fourth-order valence-electron chi connectivity index (χ4n) is 1.06. The van der Waals surface area contributed by atoms with Crippen molar-refractivity contribution in [2.24, 2.45) is 0 Å². The van der Waals surface area contributed by atoms with Crippen molar-refractivity contribution in [2.45, 2.75) is 6.18 Å². The van der Waals surface area contributed by atoms with E-state index in [4.69, 9.17) is 46.6 Å². The molecular weight excluding hydrogens is 339 g/mol. The number of halogens is 7. The Balaban J connectivity index is 3.30. The molecule has 0 aliphatic heterocycles. The van der Waals surface area contributed by atoms with Crippen LogP contribution in [0.25, 0.3) is 0 Å². The second kappa shape index (κ2) is 5.71. The van der Waals surface area contributed by atoms with Gasteiger partial charge in [-0.2, -0.15) is 13.2 Å². The summed E-state index contributed by atoms with van der Waals surface area (Å²) in [7, 11) is 0. The van der Waals surface area contributed by atoms with E-state index in [1.165, 1.54) is 0 Å². The quantitative estimate of drug-likeness (QED) is 0.645. The van der Waals surface area contributed by atoms with Crippen LogP contribution in [0.15, 0.2) is 12.1 Å². The highest BCUT2D eigenvalue weighted by Crippen LogP contribution is 2.37. The fourth-order valence-corrected chi connectivity index (χ4v) is 2.20. The van der Waals surface area contributed by atoms with Gasteiger partial charge in [0.25, 0.3) is 0 Å². The van der Waals surface area contributed by atoms with Crippen LogP contribution in [-0.2, 0) is 4.79 Å². The summed E-state index contributed by atoms with van der Waals surface area (Å²) in [6, 6.07) is 2.24. The first kappa shape index (κ1) is 15.7. The van der Waals surface area contributed by atoms with Crippen LogP contribution in [-0.4, -0.2) is 12.1 Å². The maximum Gasteiger partial charge on any atom is 0.473 e. The number of hydrogen-bond acceptors (Lipinski definition) is 2. The summed E-state index contributed by atoms with van der Waals surface area (Å²) >= 11 is 22.0. The Labute approximate surface area is 119 Å². The number of rotatable bonds is 2. The molecule has 0 fully saturated rings. The van der Waals surface area contributed by atoms with E-state index in [1.54, 1.807) is 4.94 Å². The first-order valence-electron chi connectivity index (χ1n) is 4.10. The Morgan fingerprint density at radius 2 is 1.61 bits per heavy atom. The number of benzene rings is 1. The Hall–Kier alpha value is -0.400. The van der Waals surface area contributed by atoms with Gasteiger partial charge in [-0.3, -0.25) is 4.79 Å². The van der Waals surface area contributed by atoms with Gasteiger partial charge in [0.05, 0.1) is 15.7 Å². The molecule has 1 rings (SSSR count). The molecule has 1 amide bonds. The summed E-state index contributed by atoms with van der Waals surface area (Å²) in [5.74, 6) is -2.27. The molecule has 0 atom stereocenters. The molecule has 0 spiro atoms. The Morgan fingerprint density at radius 1 is 1.17 bits per heavy atom. The second-order valence-corrected chi connectivity index (χ2v) is 4.36. The lowest BCUT2D eigenvalue weighted by Gasteiger charge is -2.23. The second-order valence-electron chi connectivity index (χ2n) is 2.94. The van der Waals surface area contributed by atoms with Crippen LogP contribution < -0.4 is 9.95 Å². The molecule has 100 valence electrons. The highest BCUT2D eigenvalue weighted by Gasteiger charge is 2.44. The average molecular weight is 342 g/mol. The molecule has 0 radical (unpaired) electrons. The third-order valence-corrected chi connectivity index (χ3v) is 2.70. The van der Waals surface area contributed by atoms with E-state index in [2.05, 4.69) is 0 Å². The van der Waals surface area contributed by atoms with Crippen molar-refractivity contribution < 1.29 is 18.0 Å². The molecule has 18 heavy (non-hydrogen) atoms. The van der Waals surface area contributed by atoms with Gasteiger partial charge < -0.3 is 0 Å². The third kappa shape index (κ3) is 3.33. The number of hydrogen-bond donors (Lipinski definition) is 1. The first-order valence-corrected chi connectivity index (χ1v) is 5.61. The van der Waals surface area contributed by atoms with Crippen LogP contribution >= 0.6 is 46.6 Å². The van der Waals surface area contributed by atoms with Gasteiger partial charge >= 0.3 is 12.1 Å². The van der Waals surface area contributed by atoms with Gasteiger partial charge in [-0.25, -0.2) is 5.01 Å². The van der Waals surface area contributed by atoms with E-state index in [9.17, 15) is 18.0 Å². The minimum atomic E-state index is -5.14. The number of alkyl halides is 3. The van der Waals surface area contributed by atoms with Gasteiger partial charge in [0, 0.05) is 5.02 Å². The van der Waals surface area contributed by atoms with Crippen molar-refractivity contribution in [3.05, 3.63) is 27.2 Å². The summed E-state index contributed by atoms with van der Waals surface area (Å²) in [4.78, 5) is 12.6. The summed E-state index contributed by atoms with van der Waals surface area (Å²) in [5, 5.41) is -0.457. The highest BCUT2D eigenvalue weighted by molar-refractivity contribution is 6.42. The molecule has 1 aromatic rings. The van der Waals surface area contributed by atoms with Crippen molar-refractivity contribution in [2.75, 3.05) is 5.01 Å². The highest BCUT2D eigenvalue weighted by atomic mass is 35.5. The zero-order valence-corrected chi connectivity index (χ0v) is 11.2. The molecule has 0 heterocycles. The first-order chi connectivity index (χ1) is 8.18. The molecule has 0 aromatic heterocycles. The fraction of sp³-hybridized carbons (Fsp3) is 0.125. The summed E-state index contributed by atoms with van der Waals surface area (Å²) in [6.07, 6.45) is -5.14. The van der Waals surface area contributed by atoms with E-state index in [0.29, 0.717) is 0 Å². The zero-order chi connectivity index (χ0) is 14.1. The van der Waals surface area contributed by atoms with Crippen molar-refractivity contribution in [3.8, 4) is 0 Å². The van der Waals surface area contributed by atoms with Crippen LogP contribution in [0, 0.1) is 0 Å². The maximum absolute atomic E-state index is 12.3. The Bertz CT molecular complexity index is 457. The predicted molar refractivity (Wildman–Crippen MR) is 64.0 cm³/mol. The van der Waals surface area contributed by atoms with Gasteiger partial charge in [0.2, 0.25) is 0 Å².